The summed E-state index contributed by atoms with van der Waals surface area (Å²) in [5, 5.41) is 15.7. The molecule has 2 aromatic heterocycles. The number of rotatable bonds is 2. The highest BCUT2D eigenvalue weighted by Gasteiger charge is 2.14. The standard InChI is InChI=1S/C10H5BrN2OS2/c11-7-2-4-15-8(7)9(14)13-10-6(5-12)1-3-16-10/h1-4H,(H,13,14). The van der Waals surface area contributed by atoms with Crippen LogP contribution in [-0.4, -0.2) is 5.91 Å². The van der Waals surface area contributed by atoms with Crippen LogP contribution in [0.5, 0.6) is 0 Å². The highest BCUT2D eigenvalue weighted by Crippen LogP contribution is 2.27. The number of amides is 1. The number of nitrogens with zero attached hydrogens (tertiary/aromatic N) is 1. The maximum atomic E-state index is 11.8. The van der Waals surface area contributed by atoms with Gasteiger partial charge >= 0.3 is 0 Å². The normalized spacial score (nSPS) is 9.75. The molecule has 2 rings (SSSR count). The lowest BCUT2D eigenvalue weighted by molar-refractivity contribution is 0.103. The molecule has 1 amide bonds. The van der Waals surface area contributed by atoms with Crippen molar-refractivity contribution in [2.24, 2.45) is 0 Å². The largest absolute Gasteiger partial charge is 0.312 e. The lowest BCUT2D eigenvalue weighted by Crippen LogP contribution is -2.10. The van der Waals surface area contributed by atoms with Gasteiger partial charge in [0, 0.05) is 4.47 Å². The second kappa shape index (κ2) is 4.78. The van der Waals surface area contributed by atoms with E-state index in [0.717, 1.165) is 4.47 Å². The molecule has 80 valence electrons. The number of thiophene rings is 2. The van der Waals surface area contributed by atoms with E-state index in [9.17, 15) is 4.79 Å². The molecule has 3 nitrogen and oxygen atoms in total. The van der Waals surface area contributed by atoms with Crippen LogP contribution in [0.1, 0.15) is 15.2 Å². The van der Waals surface area contributed by atoms with Crippen LogP contribution in [0, 0.1) is 11.3 Å². The Morgan fingerprint density at radius 3 is 2.75 bits per heavy atom. The zero-order chi connectivity index (χ0) is 11.5. The van der Waals surface area contributed by atoms with E-state index in [1.165, 1.54) is 22.7 Å². The molecule has 16 heavy (non-hydrogen) atoms. The van der Waals surface area contributed by atoms with Crippen molar-refractivity contribution in [1.29, 1.82) is 5.26 Å². The van der Waals surface area contributed by atoms with Gasteiger partial charge in [-0.3, -0.25) is 4.79 Å². The van der Waals surface area contributed by atoms with Crippen LogP contribution in [0.15, 0.2) is 27.4 Å². The number of carbonyl (C=O) groups is 1. The molecule has 0 aliphatic rings. The number of hydrogen-bond donors (Lipinski definition) is 1. The fraction of sp³-hybridized carbons (Fsp3) is 0. The zero-order valence-corrected chi connectivity index (χ0v) is 11.1. The summed E-state index contributed by atoms with van der Waals surface area (Å²) in [4.78, 5) is 12.4. The van der Waals surface area contributed by atoms with Crippen LogP contribution in [0.3, 0.4) is 0 Å². The van der Waals surface area contributed by atoms with Gasteiger partial charge in [-0.05, 0) is 38.8 Å². The van der Waals surface area contributed by atoms with E-state index in [1.54, 1.807) is 11.4 Å². The summed E-state index contributed by atoms with van der Waals surface area (Å²) < 4.78 is 0.769. The van der Waals surface area contributed by atoms with E-state index in [-0.39, 0.29) is 5.91 Å². The molecule has 0 bridgehead atoms. The molecule has 0 unspecified atom stereocenters. The Bertz CT molecular complexity index is 567. The molecule has 1 N–H and O–H groups in total. The van der Waals surface area contributed by atoms with Crippen molar-refractivity contribution >= 4 is 49.5 Å². The number of carbonyl (C=O) groups excluding carboxylic acids is 1. The van der Waals surface area contributed by atoms with Crippen molar-refractivity contribution < 1.29 is 4.79 Å². The molecule has 0 saturated heterocycles. The molecule has 6 heteroatoms. The first-order chi connectivity index (χ1) is 7.72. The van der Waals surface area contributed by atoms with Crippen LogP contribution >= 0.6 is 38.6 Å². The van der Waals surface area contributed by atoms with E-state index in [4.69, 9.17) is 5.26 Å². The molecular formula is C10H5BrN2OS2. The number of hydrogen-bond acceptors (Lipinski definition) is 4. The summed E-state index contributed by atoms with van der Waals surface area (Å²) >= 11 is 5.99. The van der Waals surface area contributed by atoms with Crippen LogP contribution in [0.25, 0.3) is 0 Å². The summed E-state index contributed by atoms with van der Waals surface area (Å²) in [6.45, 7) is 0. The smallest absolute Gasteiger partial charge is 0.267 e. The Kier molecular flexibility index (Phi) is 3.39. The third-order valence-electron chi connectivity index (χ3n) is 1.84. The highest BCUT2D eigenvalue weighted by molar-refractivity contribution is 9.10. The average molecular weight is 313 g/mol. The lowest BCUT2D eigenvalue weighted by Gasteiger charge is -2.01. The van der Waals surface area contributed by atoms with Gasteiger partial charge in [-0.1, -0.05) is 0 Å². The SMILES string of the molecule is N#Cc1ccsc1NC(=O)c1sccc1Br. The summed E-state index contributed by atoms with van der Waals surface area (Å²) in [5.41, 5.74) is 0.492. The quantitative estimate of drug-likeness (QED) is 0.919. The van der Waals surface area contributed by atoms with Gasteiger partial charge in [0.15, 0.2) is 0 Å². The Balaban J connectivity index is 2.21. The fourth-order valence-corrected chi connectivity index (χ4v) is 3.29. The molecule has 2 aromatic rings. The number of nitriles is 1. The first-order valence-corrected chi connectivity index (χ1v) is 6.79. The van der Waals surface area contributed by atoms with Crippen molar-refractivity contribution in [3.63, 3.8) is 0 Å². The third-order valence-corrected chi connectivity index (χ3v) is 4.50. The van der Waals surface area contributed by atoms with E-state index in [1.807, 2.05) is 17.5 Å². The fourth-order valence-electron chi connectivity index (χ4n) is 1.11. The van der Waals surface area contributed by atoms with E-state index in [0.29, 0.717) is 15.4 Å². The minimum atomic E-state index is -0.194. The number of anilines is 1. The lowest BCUT2D eigenvalue weighted by atomic mass is 10.3. The third kappa shape index (κ3) is 2.16. The van der Waals surface area contributed by atoms with Gasteiger partial charge < -0.3 is 5.32 Å². The first-order valence-electron chi connectivity index (χ1n) is 4.24. The van der Waals surface area contributed by atoms with Gasteiger partial charge in [-0.15, -0.1) is 22.7 Å². The van der Waals surface area contributed by atoms with E-state index < -0.39 is 0 Å². The van der Waals surface area contributed by atoms with Crippen molar-refractivity contribution in [2.45, 2.75) is 0 Å². The Morgan fingerprint density at radius 1 is 1.38 bits per heavy atom. The molecule has 0 aromatic carbocycles. The van der Waals surface area contributed by atoms with Crippen molar-refractivity contribution in [3.05, 3.63) is 37.8 Å². The van der Waals surface area contributed by atoms with Gasteiger partial charge in [-0.2, -0.15) is 5.26 Å². The van der Waals surface area contributed by atoms with E-state index in [2.05, 4.69) is 21.2 Å². The molecule has 0 radical (unpaired) electrons. The monoisotopic (exact) mass is 312 g/mol. The first kappa shape index (κ1) is 11.3. The van der Waals surface area contributed by atoms with Crippen molar-refractivity contribution in [2.75, 3.05) is 5.32 Å². The predicted octanol–water partition coefficient (Wildman–Crippen LogP) is 3.70. The topological polar surface area (TPSA) is 52.9 Å². The highest BCUT2D eigenvalue weighted by atomic mass is 79.9. The van der Waals surface area contributed by atoms with Gasteiger partial charge in [-0.25, -0.2) is 0 Å². The second-order valence-corrected chi connectivity index (χ2v) is 5.51. The second-order valence-electron chi connectivity index (χ2n) is 2.83. The molecule has 0 fully saturated rings. The van der Waals surface area contributed by atoms with Crippen LogP contribution in [0.2, 0.25) is 0 Å². The number of nitrogens with one attached hydrogen (secondary N) is 1. The molecule has 0 spiro atoms. The molecule has 0 aliphatic heterocycles. The molecule has 0 saturated carbocycles. The number of halogens is 1. The zero-order valence-electron chi connectivity index (χ0n) is 7.86. The van der Waals surface area contributed by atoms with Gasteiger partial charge in [0.25, 0.3) is 5.91 Å². The summed E-state index contributed by atoms with van der Waals surface area (Å²) in [6, 6.07) is 5.53. The Morgan fingerprint density at radius 2 is 2.12 bits per heavy atom. The Labute approximate surface area is 108 Å². The molecule has 0 atom stereocenters. The maximum absolute atomic E-state index is 11.8. The molecule has 2 heterocycles. The molecule has 0 aliphatic carbocycles. The summed E-state index contributed by atoms with van der Waals surface area (Å²) in [7, 11) is 0. The maximum Gasteiger partial charge on any atom is 0.267 e. The summed E-state index contributed by atoms with van der Waals surface area (Å²) in [6.07, 6.45) is 0. The minimum absolute atomic E-state index is 0.194. The van der Waals surface area contributed by atoms with Gasteiger partial charge in [0.2, 0.25) is 0 Å². The van der Waals surface area contributed by atoms with Crippen molar-refractivity contribution in [3.8, 4) is 6.07 Å². The predicted molar refractivity (Wildman–Crippen MR) is 69.0 cm³/mol. The van der Waals surface area contributed by atoms with E-state index >= 15 is 0 Å². The van der Waals surface area contributed by atoms with Crippen LogP contribution in [-0.2, 0) is 0 Å². The van der Waals surface area contributed by atoms with Crippen LogP contribution < -0.4 is 5.32 Å². The average Bonchev–Trinajstić information content (AvgIpc) is 2.86. The molecular weight excluding hydrogens is 308 g/mol. The van der Waals surface area contributed by atoms with Crippen molar-refractivity contribution in [1.82, 2.24) is 0 Å². The van der Waals surface area contributed by atoms with Crippen LogP contribution in [0.4, 0.5) is 5.00 Å². The minimum Gasteiger partial charge on any atom is -0.312 e. The summed E-state index contributed by atoms with van der Waals surface area (Å²) in [5.74, 6) is -0.194. The Hall–Kier alpha value is -1.16. The van der Waals surface area contributed by atoms with Gasteiger partial charge in [0.1, 0.15) is 15.9 Å². The van der Waals surface area contributed by atoms with Gasteiger partial charge in [0.05, 0.1) is 5.56 Å².